The highest BCUT2D eigenvalue weighted by atomic mass is 16.5. The van der Waals surface area contributed by atoms with Crippen LogP contribution in [0.3, 0.4) is 0 Å². The molecule has 0 spiro atoms. The first-order valence-corrected chi connectivity index (χ1v) is 8.33. The lowest BCUT2D eigenvalue weighted by molar-refractivity contribution is -0.120. The van der Waals surface area contributed by atoms with Crippen LogP contribution >= 0.6 is 0 Å². The highest BCUT2D eigenvalue weighted by molar-refractivity contribution is 5.93. The number of aromatic nitrogens is 1. The number of nitrogens with zero attached hydrogens (tertiary/aromatic N) is 3. The number of piperazine rings is 1. The smallest absolute Gasteiger partial charge is 0.242 e. The molecular weight excluding hydrogens is 304 g/mol. The Bertz CT molecular complexity index is 705. The van der Waals surface area contributed by atoms with E-state index in [0.29, 0.717) is 11.6 Å². The molecule has 1 saturated heterocycles. The van der Waals surface area contributed by atoms with Gasteiger partial charge in [0.2, 0.25) is 5.91 Å². The van der Waals surface area contributed by atoms with Gasteiger partial charge in [-0.25, -0.2) is 0 Å². The van der Waals surface area contributed by atoms with Crippen LogP contribution in [0, 0.1) is 13.8 Å². The molecule has 2 aromatic rings. The lowest BCUT2D eigenvalue weighted by Crippen LogP contribution is -2.53. The Kier molecular flexibility index (Phi) is 4.85. The van der Waals surface area contributed by atoms with Crippen molar-refractivity contribution in [1.29, 1.82) is 0 Å². The zero-order valence-corrected chi connectivity index (χ0v) is 14.5. The summed E-state index contributed by atoms with van der Waals surface area (Å²) in [6, 6.07) is 9.96. The molecule has 1 aliphatic heterocycles. The van der Waals surface area contributed by atoms with Gasteiger partial charge in [-0.15, -0.1) is 0 Å². The maximum Gasteiger partial charge on any atom is 0.242 e. The molecule has 1 N–H and O–H groups in total. The van der Waals surface area contributed by atoms with Gasteiger partial charge in [-0.3, -0.25) is 9.69 Å². The molecule has 24 heavy (non-hydrogen) atoms. The normalized spacial score (nSPS) is 16.9. The van der Waals surface area contributed by atoms with Crippen LogP contribution in [-0.2, 0) is 4.79 Å². The van der Waals surface area contributed by atoms with Gasteiger partial charge in [0.25, 0.3) is 0 Å². The predicted octanol–water partition coefficient (Wildman–Crippen LogP) is 2.44. The lowest BCUT2D eigenvalue weighted by Gasteiger charge is -2.39. The van der Waals surface area contributed by atoms with Gasteiger partial charge in [0.1, 0.15) is 5.76 Å². The number of nitrogens with one attached hydrogen (secondary N) is 1. The highest BCUT2D eigenvalue weighted by Crippen LogP contribution is 2.21. The molecule has 6 heteroatoms. The van der Waals surface area contributed by atoms with Gasteiger partial charge in [0.15, 0.2) is 5.82 Å². The van der Waals surface area contributed by atoms with E-state index in [1.165, 1.54) is 11.3 Å². The Morgan fingerprint density at radius 3 is 2.54 bits per heavy atom. The third kappa shape index (κ3) is 3.59. The molecule has 1 unspecified atom stereocenters. The molecule has 1 aliphatic rings. The molecule has 3 rings (SSSR count). The molecule has 0 aliphatic carbocycles. The summed E-state index contributed by atoms with van der Waals surface area (Å²) in [5.74, 6) is 1.11. The van der Waals surface area contributed by atoms with Crippen molar-refractivity contribution in [2.45, 2.75) is 26.8 Å². The second-order valence-corrected chi connectivity index (χ2v) is 6.30. The van der Waals surface area contributed by atoms with Gasteiger partial charge in [0, 0.05) is 37.9 Å². The molecule has 1 aromatic heterocycles. The van der Waals surface area contributed by atoms with Crippen LogP contribution in [0.5, 0.6) is 0 Å². The van der Waals surface area contributed by atoms with Crippen LogP contribution in [0.4, 0.5) is 11.5 Å². The quantitative estimate of drug-likeness (QED) is 0.934. The summed E-state index contributed by atoms with van der Waals surface area (Å²) in [6.07, 6.45) is 0. The summed E-state index contributed by atoms with van der Waals surface area (Å²) >= 11 is 0. The largest absolute Gasteiger partial charge is 0.369 e. The van der Waals surface area contributed by atoms with Crippen molar-refractivity contribution in [2.75, 3.05) is 36.4 Å². The van der Waals surface area contributed by atoms with E-state index < -0.39 is 0 Å². The molecule has 0 saturated carbocycles. The molecule has 0 bridgehead atoms. The van der Waals surface area contributed by atoms with Crippen molar-refractivity contribution >= 4 is 17.4 Å². The van der Waals surface area contributed by atoms with Crippen LogP contribution in [0.15, 0.2) is 34.9 Å². The molecule has 0 radical (unpaired) electrons. The minimum Gasteiger partial charge on any atom is -0.369 e. The van der Waals surface area contributed by atoms with E-state index in [-0.39, 0.29) is 11.9 Å². The van der Waals surface area contributed by atoms with Crippen LogP contribution in [0.2, 0.25) is 0 Å². The van der Waals surface area contributed by atoms with Crippen molar-refractivity contribution < 1.29 is 9.32 Å². The number of carbonyl (C=O) groups excluding carboxylic acids is 1. The van der Waals surface area contributed by atoms with Crippen LogP contribution in [-0.4, -0.2) is 48.2 Å². The van der Waals surface area contributed by atoms with Gasteiger partial charge in [-0.1, -0.05) is 23.4 Å². The number of anilines is 2. The SMILES string of the molecule is Cc1cc(NC(=O)C(C)N2CCN(c3ccccc3C)CC2)no1. The summed E-state index contributed by atoms with van der Waals surface area (Å²) in [5, 5.41) is 6.62. The van der Waals surface area contributed by atoms with Crippen molar-refractivity contribution in [3.63, 3.8) is 0 Å². The molecule has 6 nitrogen and oxygen atoms in total. The Balaban J connectivity index is 1.56. The molecule has 2 heterocycles. The monoisotopic (exact) mass is 328 g/mol. The number of hydrogen-bond donors (Lipinski definition) is 1. The zero-order chi connectivity index (χ0) is 17.1. The number of amides is 1. The maximum absolute atomic E-state index is 12.4. The second-order valence-electron chi connectivity index (χ2n) is 6.30. The van der Waals surface area contributed by atoms with Gasteiger partial charge in [-0.05, 0) is 32.4 Å². The van der Waals surface area contributed by atoms with Crippen molar-refractivity contribution in [3.8, 4) is 0 Å². The van der Waals surface area contributed by atoms with Gasteiger partial charge < -0.3 is 14.7 Å². The lowest BCUT2D eigenvalue weighted by atomic mass is 10.1. The summed E-state index contributed by atoms with van der Waals surface area (Å²) in [5.41, 5.74) is 2.57. The van der Waals surface area contributed by atoms with E-state index >= 15 is 0 Å². The number of rotatable bonds is 4. The first-order valence-electron chi connectivity index (χ1n) is 8.33. The Hall–Kier alpha value is -2.34. The van der Waals surface area contributed by atoms with Crippen LogP contribution in [0.25, 0.3) is 0 Å². The average Bonchev–Trinajstić information content (AvgIpc) is 2.99. The zero-order valence-electron chi connectivity index (χ0n) is 14.5. The molecule has 1 fully saturated rings. The number of para-hydroxylation sites is 1. The van der Waals surface area contributed by atoms with Gasteiger partial charge in [0.05, 0.1) is 6.04 Å². The highest BCUT2D eigenvalue weighted by Gasteiger charge is 2.26. The van der Waals surface area contributed by atoms with E-state index in [1.807, 2.05) is 6.92 Å². The fourth-order valence-corrected chi connectivity index (χ4v) is 3.09. The predicted molar refractivity (Wildman–Crippen MR) is 94.3 cm³/mol. The Morgan fingerprint density at radius 2 is 1.92 bits per heavy atom. The number of benzene rings is 1. The number of aryl methyl sites for hydroxylation is 2. The maximum atomic E-state index is 12.4. The van der Waals surface area contributed by atoms with E-state index in [2.05, 4.69) is 51.5 Å². The first kappa shape index (κ1) is 16.5. The minimum atomic E-state index is -0.193. The van der Waals surface area contributed by atoms with Crippen molar-refractivity contribution in [3.05, 3.63) is 41.7 Å². The van der Waals surface area contributed by atoms with Crippen molar-refractivity contribution in [2.24, 2.45) is 0 Å². The van der Waals surface area contributed by atoms with Gasteiger partial charge >= 0.3 is 0 Å². The third-order valence-electron chi connectivity index (χ3n) is 4.58. The summed E-state index contributed by atoms with van der Waals surface area (Å²) < 4.78 is 4.98. The van der Waals surface area contributed by atoms with Crippen LogP contribution in [0.1, 0.15) is 18.2 Å². The molecule has 1 aromatic carbocycles. The summed E-state index contributed by atoms with van der Waals surface area (Å²) in [6.45, 7) is 9.44. The fraction of sp³-hybridized carbons (Fsp3) is 0.444. The molecule has 1 amide bonds. The first-order chi connectivity index (χ1) is 11.5. The Labute approximate surface area is 142 Å². The molecule has 128 valence electrons. The topological polar surface area (TPSA) is 61.6 Å². The standard InChI is InChI=1S/C18H24N4O2/c1-13-6-4-5-7-16(13)22-10-8-21(9-11-22)15(3)18(23)19-17-12-14(2)24-20-17/h4-7,12,15H,8-11H2,1-3H3,(H,19,20,23). The fourth-order valence-electron chi connectivity index (χ4n) is 3.09. The van der Waals surface area contributed by atoms with Crippen molar-refractivity contribution in [1.82, 2.24) is 10.1 Å². The summed E-state index contributed by atoms with van der Waals surface area (Å²) in [4.78, 5) is 17.0. The van der Waals surface area contributed by atoms with E-state index in [0.717, 1.165) is 26.2 Å². The van der Waals surface area contributed by atoms with E-state index in [9.17, 15) is 4.79 Å². The second kappa shape index (κ2) is 7.05. The third-order valence-corrected chi connectivity index (χ3v) is 4.58. The van der Waals surface area contributed by atoms with E-state index in [1.54, 1.807) is 13.0 Å². The van der Waals surface area contributed by atoms with Gasteiger partial charge in [-0.2, -0.15) is 0 Å². The average molecular weight is 328 g/mol. The number of hydrogen-bond acceptors (Lipinski definition) is 5. The van der Waals surface area contributed by atoms with E-state index in [4.69, 9.17) is 4.52 Å². The minimum absolute atomic E-state index is 0.0485. The van der Waals surface area contributed by atoms with Crippen LogP contribution < -0.4 is 10.2 Å². The summed E-state index contributed by atoms with van der Waals surface area (Å²) in [7, 11) is 0. The Morgan fingerprint density at radius 1 is 1.21 bits per heavy atom. The molecule has 1 atom stereocenters. The molecular formula is C18H24N4O2. The number of carbonyl (C=O) groups is 1.